The Labute approximate surface area is 190 Å². The molecule has 0 unspecified atom stereocenters. The molecule has 2 aromatic carbocycles. The van der Waals surface area contributed by atoms with Crippen molar-refractivity contribution in [2.45, 2.75) is 17.5 Å². The second kappa shape index (κ2) is 8.91. The van der Waals surface area contributed by atoms with Crippen LogP contribution in [-0.4, -0.2) is 25.0 Å². The highest BCUT2D eigenvalue weighted by Gasteiger charge is 2.18. The van der Waals surface area contributed by atoms with E-state index < -0.39 is 0 Å². The molecule has 7 nitrogen and oxygen atoms in total. The van der Waals surface area contributed by atoms with Gasteiger partial charge in [0.15, 0.2) is 10.9 Å². The number of furan rings is 1. The molecule has 0 amide bonds. The molecule has 0 spiro atoms. The molecule has 3 heterocycles. The number of benzene rings is 2. The van der Waals surface area contributed by atoms with Crippen molar-refractivity contribution in [3.8, 4) is 23.0 Å². The zero-order valence-corrected chi connectivity index (χ0v) is 18.6. The van der Waals surface area contributed by atoms with Gasteiger partial charge in [-0.25, -0.2) is 0 Å². The predicted octanol–water partition coefficient (Wildman–Crippen LogP) is 5.69. The van der Waals surface area contributed by atoms with E-state index in [1.54, 1.807) is 6.26 Å². The van der Waals surface area contributed by atoms with Crippen LogP contribution < -0.4 is 0 Å². The van der Waals surface area contributed by atoms with E-state index in [2.05, 4.69) is 48.5 Å². The van der Waals surface area contributed by atoms with Crippen LogP contribution in [-0.2, 0) is 12.3 Å². The van der Waals surface area contributed by atoms with E-state index in [9.17, 15) is 0 Å². The lowest BCUT2D eigenvalue weighted by Crippen LogP contribution is -2.04. The largest absolute Gasteiger partial charge is 0.461 e. The van der Waals surface area contributed by atoms with E-state index in [1.165, 1.54) is 11.8 Å². The van der Waals surface area contributed by atoms with Gasteiger partial charge in [0, 0.05) is 10.0 Å². The van der Waals surface area contributed by atoms with Gasteiger partial charge in [-0.05, 0) is 35.9 Å². The summed E-state index contributed by atoms with van der Waals surface area (Å²) in [6.45, 7) is 0.624. The van der Waals surface area contributed by atoms with Crippen molar-refractivity contribution < 1.29 is 8.83 Å². The Balaban J connectivity index is 1.38. The topological polar surface area (TPSA) is 82.8 Å². The molecule has 31 heavy (non-hydrogen) atoms. The van der Waals surface area contributed by atoms with Crippen LogP contribution in [0.1, 0.15) is 11.5 Å². The van der Waals surface area contributed by atoms with E-state index in [0.717, 1.165) is 20.8 Å². The third-order valence-corrected chi connectivity index (χ3v) is 5.95. The minimum Gasteiger partial charge on any atom is -0.461 e. The summed E-state index contributed by atoms with van der Waals surface area (Å²) in [5, 5.41) is 17.8. The van der Waals surface area contributed by atoms with E-state index in [1.807, 2.05) is 59.2 Å². The van der Waals surface area contributed by atoms with Gasteiger partial charge < -0.3 is 8.83 Å². The van der Waals surface area contributed by atoms with Gasteiger partial charge in [-0.1, -0.05) is 64.1 Å². The molecular weight excluding hydrogens is 478 g/mol. The van der Waals surface area contributed by atoms with Crippen LogP contribution in [0.3, 0.4) is 0 Å². The minimum atomic E-state index is 0.478. The normalized spacial score (nSPS) is 11.1. The Kier molecular flexibility index (Phi) is 5.68. The molecule has 5 aromatic rings. The Morgan fingerprint density at radius 3 is 2.61 bits per heavy atom. The van der Waals surface area contributed by atoms with Crippen LogP contribution in [0, 0.1) is 0 Å². The summed E-state index contributed by atoms with van der Waals surface area (Å²) in [5.74, 6) is 2.83. The molecule has 0 aliphatic rings. The molecule has 0 saturated carbocycles. The van der Waals surface area contributed by atoms with Crippen LogP contribution in [0.2, 0.25) is 0 Å². The molecule has 0 bridgehead atoms. The molecule has 3 aromatic heterocycles. The number of aromatic nitrogens is 5. The van der Waals surface area contributed by atoms with E-state index in [4.69, 9.17) is 8.83 Å². The van der Waals surface area contributed by atoms with Crippen LogP contribution in [0.5, 0.6) is 0 Å². The molecule has 0 atom stereocenters. The third-order valence-electron chi connectivity index (χ3n) is 4.51. The predicted molar refractivity (Wildman–Crippen MR) is 120 cm³/mol. The highest BCUT2D eigenvalue weighted by Crippen LogP contribution is 2.28. The van der Waals surface area contributed by atoms with Crippen molar-refractivity contribution in [2.24, 2.45) is 0 Å². The Morgan fingerprint density at radius 2 is 1.81 bits per heavy atom. The first-order valence-corrected chi connectivity index (χ1v) is 11.3. The van der Waals surface area contributed by atoms with Crippen molar-refractivity contribution in [1.29, 1.82) is 0 Å². The monoisotopic (exact) mass is 493 g/mol. The number of hydrogen-bond donors (Lipinski definition) is 0. The van der Waals surface area contributed by atoms with Gasteiger partial charge in [0.05, 0.1) is 18.6 Å². The van der Waals surface area contributed by atoms with Crippen molar-refractivity contribution in [1.82, 2.24) is 25.0 Å². The maximum Gasteiger partial charge on any atom is 0.247 e. The zero-order valence-electron chi connectivity index (χ0n) is 16.2. The molecule has 0 aliphatic carbocycles. The lowest BCUT2D eigenvalue weighted by atomic mass is 10.2. The fraction of sp³-hybridized carbons (Fsp3) is 0.0909. The Bertz CT molecular complexity index is 1280. The maximum atomic E-state index is 5.84. The van der Waals surface area contributed by atoms with Crippen molar-refractivity contribution in [2.75, 3.05) is 0 Å². The van der Waals surface area contributed by atoms with E-state index in [-0.39, 0.29) is 0 Å². The molecule has 0 fully saturated rings. The fourth-order valence-corrected chi connectivity index (χ4v) is 4.24. The quantitative estimate of drug-likeness (QED) is 0.269. The molecule has 0 N–H and O–H groups in total. The summed E-state index contributed by atoms with van der Waals surface area (Å²) in [4.78, 5) is 0. The first-order valence-electron chi connectivity index (χ1n) is 9.48. The summed E-state index contributed by atoms with van der Waals surface area (Å²) in [7, 11) is 0. The fourth-order valence-electron chi connectivity index (χ4n) is 3.07. The third kappa shape index (κ3) is 4.47. The van der Waals surface area contributed by atoms with Gasteiger partial charge in [-0.2, -0.15) is 0 Å². The van der Waals surface area contributed by atoms with Crippen LogP contribution >= 0.6 is 27.7 Å². The molecular formula is C22H16BrN5O2S. The standard InChI is InChI=1S/C22H16BrN5O2S/c23-17-9-4-8-16(12-17)21-26-24-19(30-21)14-31-22-27-25-20(18-10-5-11-29-18)28(22)13-15-6-2-1-3-7-15/h1-12H,13-14H2. The number of nitrogens with zero attached hydrogens (tertiary/aromatic N) is 5. The van der Waals surface area contributed by atoms with Crippen molar-refractivity contribution in [3.63, 3.8) is 0 Å². The Morgan fingerprint density at radius 1 is 0.903 bits per heavy atom. The summed E-state index contributed by atoms with van der Waals surface area (Å²) < 4.78 is 14.4. The lowest BCUT2D eigenvalue weighted by molar-refractivity contribution is 0.528. The van der Waals surface area contributed by atoms with Gasteiger partial charge in [0.2, 0.25) is 17.6 Å². The molecule has 0 saturated heterocycles. The molecule has 5 rings (SSSR count). The highest BCUT2D eigenvalue weighted by molar-refractivity contribution is 9.10. The van der Waals surface area contributed by atoms with Gasteiger partial charge in [0.1, 0.15) is 0 Å². The zero-order chi connectivity index (χ0) is 21.0. The Hall–Kier alpha value is -3.17. The second-order valence-electron chi connectivity index (χ2n) is 6.66. The number of hydrogen-bond acceptors (Lipinski definition) is 7. The van der Waals surface area contributed by atoms with E-state index >= 15 is 0 Å². The average molecular weight is 494 g/mol. The van der Waals surface area contributed by atoms with Crippen molar-refractivity contribution in [3.05, 3.63) is 88.9 Å². The van der Waals surface area contributed by atoms with Gasteiger partial charge >= 0.3 is 0 Å². The number of thioether (sulfide) groups is 1. The summed E-state index contributed by atoms with van der Waals surface area (Å²) >= 11 is 4.95. The SMILES string of the molecule is Brc1cccc(-c2nnc(CSc3nnc(-c4ccco4)n3Cc3ccccc3)o2)c1. The number of rotatable bonds is 7. The van der Waals surface area contributed by atoms with Gasteiger partial charge in [-0.15, -0.1) is 20.4 Å². The van der Waals surface area contributed by atoms with Gasteiger partial charge in [0.25, 0.3) is 0 Å². The van der Waals surface area contributed by atoms with E-state index in [0.29, 0.717) is 35.7 Å². The van der Waals surface area contributed by atoms with Crippen LogP contribution in [0.4, 0.5) is 0 Å². The van der Waals surface area contributed by atoms with Crippen LogP contribution in [0.15, 0.2) is 91.5 Å². The molecule has 9 heteroatoms. The minimum absolute atomic E-state index is 0.478. The average Bonchev–Trinajstić information content (AvgIpc) is 3.54. The lowest BCUT2D eigenvalue weighted by Gasteiger charge is -2.08. The molecule has 0 radical (unpaired) electrons. The van der Waals surface area contributed by atoms with Gasteiger partial charge in [-0.3, -0.25) is 4.57 Å². The smallest absolute Gasteiger partial charge is 0.247 e. The molecule has 0 aliphatic heterocycles. The number of halogens is 1. The first kappa shape index (κ1) is 19.8. The first-order chi connectivity index (χ1) is 15.3. The molecule has 154 valence electrons. The van der Waals surface area contributed by atoms with Crippen LogP contribution in [0.25, 0.3) is 23.0 Å². The second-order valence-corrected chi connectivity index (χ2v) is 8.51. The highest BCUT2D eigenvalue weighted by atomic mass is 79.9. The summed E-state index contributed by atoms with van der Waals surface area (Å²) in [6.07, 6.45) is 1.63. The van der Waals surface area contributed by atoms with Crippen molar-refractivity contribution >= 4 is 27.7 Å². The summed E-state index contributed by atoms with van der Waals surface area (Å²) in [5.41, 5.74) is 2.01. The summed E-state index contributed by atoms with van der Waals surface area (Å²) in [6, 6.07) is 21.6. The maximum absolute atomic E-state index is 5.84.